The van der Waals surface area contributed by atoms with Gasteiger partial charge in [-0.15, -0.1) is 0 Å². The van der Waals surface area contributed by atoms with Crippen molar-refractivity contribution in [1.29, 1.82) is 0 Å². The Morgan fingerprint density at radius 1 is 0.812 bits per heavy atom. The fourth-order valence-corrected chi connectivity index (χ4v) is 3.71. The van der Waals surface area contributed by atoms with Gasteiger partial charge < -0.3 is 5.32 Å². The minimum atomic E-state index is -0.287. The Kier molecular flexibility index (Phi) is 5.30. The second-order valence-corrected chi connectivity index (χ2v) is 7.68. The van der Waals surface area contributed by atoms with Gasteiger partial charge in [-0.1, -0.05) is 42.5 Å². The van der Waals surface area contributed by atoms with E-state index < -0.39 is 0 Å². The molecule has 0 aliphatic heterocycles. The van der Waals surface area contributed by atoms with Crippen LogP contribution in [0.1, 0.15) is 11.3 Å². The molecule has 2 heterocycles. The Morgan fingerprint density at radius 2 is 1.66 bits per heavy atom. The Labute approximate surface area is 185 Å². The van der Waals surface area contributed by atoms with Crippen molar-refractivity contribution in [2.45, 2.75) is 13.5 Å². The van der Waals surface area contributed by atoms with Crippen LogP contribution in [0.4, 0.5) is 10.1 Å². The van der Waals surface area contributed by atoms with Gasteiger partial charge in [-0.25, -0.2) is 9.37 Å². The lowest BCUT2D eigenvalue weighted by Crippen LogP contribution is -2.01. The van der Waals surface area contributed by atoms with Crippen LogP contribution in [0.5, 0.6) is 0 Å². The third-order valence-electron chi connectivity index (χ3n) is 5.36. The normalized spacial score (nSPS) is 10.9. The molecule has 5 aromatic rings. The van der Waals surface area contributed by atoms with E-state index in [1.54, 1.807) is 12.3 Å². The summed E-state index contributed by atoms with van der Waals surface area (Å²) in [4.78, 5) is 13.5. The van der Waals surface area contributed by atoms with E-state index in [4.69, 9.17) is 0 Å². The molecule has 32 heavy (non-hydrogen) atoms. The third kappa shape index (κ3) is 4.18. The van der Waals surface area contributed by atoms with Crippen molar-refractivity contribution >= 4 is 16.7 Å². The molecular weight excluding hydrogens is 399 g/mol. The van der Waals surface area contributed by atoms with Crippen LogP contribution in [0.3, 0.4) is 0 Å². The number of rotatable bonds is 5. The molecule has 0 radical (unpaired) electrons. The molecule has 3 aromatic carbocycles. The van der Waals surface area contributed by atoms with E-state index in [1.807, 2.05) is 43.5 Å². The molecule has 0 saturated carbocycles. The quantitative estimate of drug-likeness (QED) is 0.356. The molecule has 0 bridgehead atoms. The molecule has 0 atom stereocenters. The van der Waals surface area contributed by atoms with E-state index in [-0.39, 0.29) is 5.82 Å². The monoisotopic (exact) mass is 420 g/mol. The second kappa shape index (κ2) is 8.55. The molecule has 5 heteroatoms. The van der Waals surface area contributed by atoms with Gasteiger partial charge in [0, 0.05) is 24.0 Å². The van der Waals surface area contributed by atoms with Gasteiger partial charge in [0.05, 0.1) is 23.1 Å². The van der Waals surface area contributed by atoms with Crippen LogP contribution >= 0.6 is 0 Å². The predicted octanol–water partition coefficient (Wildman–Crippen LogP) is 6.42. The number of hydrogen-bond donors (Lipinski definition) is 1. The molecule has 0 spiro atoms. The molecule has 156 valence electrons. The summed E-state index contributed by atoms with van der Waals surface area (Å²) in [5.74, 6) is -0.287. The van der Waals surface area contributed by atoms with E-state index in [2.05, 4.69) is 50.6 Å². The maximum atomic E-state index is 13.6. The highest BCUT2D eigenvalue weighted by atomic mass is 19.1. The number of halogens is 1. The summed E-state index contributed by atoms with van der Waals surface area (Å²) in [6.07, 6.45) is 3.52. The average molecular weight is 420 g/mol. The lowest BCUT2D eigenvalue weighted by Gasteiger charge is -2.11. The number of hydrogen-bond acceptors (Lipinski definition) is 4. The van der Waals surface area contributed by atoms with Crippen molar-refractivity contribution in [3.05, 3.63) is 108 Å². The van der Waals surface area contributed by atoms with Crippen LogP contribution in [0.15, 0.2) is 91.3 Å². The first-order valence-electron chi connectivity index (χ1n) is 10.4. The number of para-hydroxylation sites is 1. The van der Waals surface area contributed by atoms with Crippen molar-refractivity contribution in [3.63, 3.8) is 0 Å². The number of aryl methyl sites for hydroxylation is 1. The maximum absolute atomic E-state index is 13.6. The van der Waals surface area contributed by atoms with Gasteiger partial charge in [-0.05, 0) is 60.0 Å². The molecule has 0 unspecified atom stereocenters. The molecule has 0 aliphatic rings. The SMILES string of the molecule is Cc1cc(-c2ccc(CNc3cccc4nc(-c5cccc(F)c5)cnc34)cc2)ccn1. The molecule has 0 fully saturated rings. The number of pyridine rings is 1. The third-order valence-corrected chi connectivity index (χ3v) is 5.36. The lowest BCUT2D eigenvalue weighted by atomic mass is 10.0. The van der Waals surface area contributed by atoms with Gasteiger partial charge in [0.2, 0.25) is 0 Å². The van der Waals surface area contributed by atoms with Gasteiger partial charge in [0.1, 0.15) is 11.3 Å². The van der Waals surface area contributed by atoms with Crippen LogP contribution < -0.4 is 5.32 Å². The largest absolute Gasteiger partial charge is 0.379 e. The van der Waals surface area contributed by atoms with Crippen LogP contribution in [-0.2, 0) is 6.54 Å². The van der Waals surface area contributed by atoms with E-state index in [9.17, 15) is 4.39 Å². The Hall–Kier alpha value is -4.12. The predicted molar refractivity (Wildman–Crippen MR) is 127 cm³/mol. The van der Waals surface area contributed by atoms with Crippen molar-refractivity contribution in [3.8, 4) is 22.4 Å². The average Bonchev–Trinajstić information content (AvgIpc) is 2.82. The summed E-state index contributed by atoms with van der Waals surface area (Å²) >= 11 is 0. The fraction of sp³-hybridized carbons (Fsp3) is 0.0741. The van der Waals surface area contributed by atoms with E-state index in [0.717, 1.165) is 28.0 Å². The van der Waals surface area contributed by atoms with Crippen molar-refractivity contribution < 1.29 is 4.39 Å². The zero-order valence-electron chi connectivity index (χ0n) is 17.6. The van der Waals surface area contributed by atoms with Gasteiger partial charge in [0.25, 0.3) is 0 Å². The summed E-state index contributed by atoms with van der Waals surface area (Å²) in [7, 11) is 0. The molecule has 1 N–H and O–H groups in total. The van der Waals surface area contributed by atoms with E-state index in [1.165, 1.54) is 23.3 Å². The fourth-order valence-electron chi connectivity index (χ4n) is 3.71. The van der Waals surface area contributed by atoms with Gasteiger partial charge in [0.15, 0.2) is 0 Å². The number of benzene rings is 3. The first-order valence-corrected chi connectivity index (χ1v) is 10.4. The van der Waals surface area contributed by atoms with Crippen LogP contribution in [-0.4, -0.2) is 15.0 Å². The van der Waals surface area contributed by atoms with Crippen molar-refractivity contribution in [2.75, 3.05) is 5.32 Å². The Bertz CT molecular complexity index is 1400. The highest BCUT2D eigenvalue weighted by molar-refractivity contribution is 5.88. The molecule has 2 aromatic heterocycles. The first kappa shape index (κ1) is 19.8. The first-order chi connectivity index (χ1) is 15.7. The molecule has 0 aliphatic carbocycles. The number of nitrogens with zero attached hydrogens (tertiary/aromatic N) is 3. The summed E-state index contributed by atoms with van der Waals surface area (Å²) < 4.78 is 13.6. The molecule has 0 saturated heterocycles. The zero-order valence-corrected chi connectivity index (χ0v) is 17.6. The minimum absolute atomic E-state index is 0.287. The summed E-state index contributed by atoms with van der Waals surface area (Å²) in [5.41, 5.74) is 8.33. The van der Waals surface area contributed by atoms with Gasteiger partial charge >= 0.3 is 0 Å². The minimum Gasteiger partial charge on any atom is -0.379 e. The molecule has 5 rings (SSSR count). The second-order valence-electron chi connectivity index (χ2n) is 7.68. The zero-order chi connectivity index (χ0) is 21.9. The standard InChI is InChI=1S/C27H21FN4/c1-18-14-21(12-13-29-18)20-10-8-19(9-11-20)16-30-24-6-3-7-25-27(24)31-17-26(32-25)22-4-2-5-23(28)15-22/h2-15,17,30H,16H2,1H3. The molecular formula is C27H21FN4. The smallest absolute Gasteiger partial charge is 0.123 e. The van der Waals surface area contributed by atoms with Gasteiger partial charge in [-0.2, -0.15) is 0 Å². The van der Waals surface area contributed by atoms with E-state index in [0.29, 0.717) is 17.8 Å². The molecule has 4 nitrogen and oxygen atoms in total. The number of fused-ring (bicyclic) bond motifs is 1. The summed E-state index contributed by atoms with van der Waals surface area (Å²) in [5, 5.41) is 3.47. The summed E-state index contributed by atoms with van der Waals surface area (Å²) in [6, 6.07) is 24.9. The Morgan fingerprint density at radius 3 is 2.47 bits per heavy atom. The van der Waals surface area contributed by atoms with Crippen molar-refractivity contribution in [1.82, 2.24) is 15.0 Å². The van der Waals surface area contributed by atoms with Crippen LogP contribution in [0.2, 0.25) is 0 Å². The van der Waals surface area contributed by atoms with E-state index >= 15 is 0 Å². The van der Waals surface area contributed by atoms with Gasteiger partial charge in [-0.3, -0.25) is 9.97 Å². The van der Waals surface area contributed by atoms with Crippen LogP contribution in [0, 0.1) is 12.7 Å². The maximum Gasteiger partial charge on any atom is 0.123 e. The van der Waals surface area contributed by atoms with Crippen LogP contribution in [0.25, 0.3) is 33.4 Å². The molecule has 0 amide bonds. The number of anilines is 1. The Balaban J connectivity index is 1.35. The summed E-state index contributed by atoms with van der Waals surface area (Å²) in [6.45, 7) is 2.66. The lowest BCUT2D eigenvalue weighted by molar-refractivity contribution is 0.628. The number of nitrogens with one attached hydrogen (secondary N) is 1. The van der Waals surface area contributed by atoms with Crippen molar-refractivity contribution in [2.24, 2.45) is 0 Å². The number of aromatic nitrogens is 3. The highest BCUT2D eigenvalue weighted by Crippen LogP contribution is 2.25. The highest BCUT2D eigenvalue weighted by Gasteiger charge is 2.08. The topological polar surface area (TPSA) is 50.7 Å².